The molecule has 1 atom stereocenters. The summed E-state index contributed by atoms with van der Waals surface area (Å²) in [6, 6.07) is 8.21. The Kier molecular flexibility index (Phi) is 5.84. The molecule has 0 fully saturated rings. The van der Waals surface area contributed by atoms with Crippen molar-refractivity contribution in [2.75, 3.05) is 39.2 Å². The summed E-state index contributed by atoms with van der Waals surface area (Å²) in [6.07, 6.45) is 1.20. The lowest BCUT2D eigenvalue weighted by Crippen LogP contribution is -2.30. The van der Waals surface area contributed by atoms with Crippen molar-refractivity contribution >= 4 is 5.69 Å². The molecule has 3 nitrogen and oxygen atoms in total. The number of methoxy groups -OCH3 is 1. The van der Waals surface area contributed by atoms with Crippen LogP contribution in [0.1, 0.15) is 13.3 Å². The number of hydrogen-bond donors (Lipinski definition) is 1. The maximum Gasteiger partial charge on any atom is 0.119 e. The molecule has 0 amide bonds. The average Bonchev–Trinajstić information content (AvgIpc) is 2.38. The van der Waals surface area contributed by atoms with Gasteiger partial charge in [-0.05, 0) is 43.8 Å². The van der Waals surface area contributed by atoms with Gasteiger partial charge in [0.05, 0.1) is 7.11 Å². The molecule has 0 saturated carbocycles. The van der Waals surface area contributed by atoms with E-state index in [0.29, 0.717) is 5.92 Å². The van der Waals surface area contributed by atoms with E-state index in [1.807, 2.05) is 19.2 Å². The molecular weight excluding hydrogens is 212 g/mol. The normalized spacial score (nSPS) is 12.2. The lowest BCUT2D eigenvalue weighted by molar-refractivity contribution is 0.414. The summed E-state index contributed by atoms with van der Waals surface area (Å²) < 4.78 is 5.16. The fraction of sp³-hybridized carbons (Fsp3) is 0.571. The quantitative estimate of drug-likeness (QED) is 0.786. The van der Waals surface area contributed by atoms with Crippen LogP contribution in [-0.2, 0) is 0 Å². The minimum Gasteiger partial charge on any atom is -0.497 e. The fourth-order valence-electron chi connectivity index (χ4n) is 1.96. The van der Waals surface area contributed by atoms with E-state index < -0.39 is 0 Å². The van der Waals surface area contributed by atoms with Crippen LogP contribution in [0.2, 0.25) is 0 Å². The second-order valence-corrected chi connectivity index (χ2v) is 4.41. The van der Waals surface area contributed by atoms with E-state index in [1.54, 1.807) is 7.11 Å². The van der Waals surface area contributed by atoms with Gasteiger partial charge in [-0.3, -0.25) is 0 Å². The van der Waals surface area contributed by atoms with Crippen LogP contribution >= 0.6 is 0 Å². The number of rotatable bonds is 7. The predicted molar refractivity (Wildman–Crippen MR) is 74.0 cm³/mol. The van der Waals surface area contributed by atoms with E-state index in [4.69, 9.17) is 4.74 Å². The van der Waals surface area contributed by atoms with Crippen LogP contribution in [0.5, 0.6) is 5.75 Å². The van der Waals surface area contributed by atoms with Crippen LogP contribution in [0.15, 0.2) is 24.3 Å². The Morgan fingerprint density at radius 3 is 2.41 bits per heavy atom. The molecule has 0 heterocycles. The van der Waals surface area contributed by atoms with Crippen molar-refractivity contribution < 1.29 is 4.74 Å². The zero-order chi connectivity index (χ0) is 12.7. The fourth-order valence-corrected chi connectivity index (χ4v) is 1.96. The summed E-state index contributed by atoms with van der Waals surface area (Å²) >= 11 is 0. The lowest BCUT2D eigenvalue weighted by Gasteiger charge is -2.25. The number of nitrogens with one attached hydrogen (secondary N) is 1. The molecule has 1 aromatic rings. The third-order valence-electron chi connectivity index (χ3n) is 3.12. The van der Waals surface area contributed by atoms with Crippen molar-refractivity contribution in [3.05, 3.63) is 24.3 Å². The molecule has 1 aromatic carbocycles. The van der Waals surface area contributed by atoms with E-state index in [1.165, 1.54) is 12.1 Å². The summed E-state index contributed by atoms with van der Waals surface area (Å²) in [5.74, 6) is 1.59. The van der Waals surface area contributed by atoms with Crippen molar-refractivity contribution in [2.45, 2.75) is 13.3 Å². The monoisotopic (exact) mass is 236 g/mol. The van der Waals surface area contributed by atoms with E-state index in [9.17, 15) is 0 Å². The van der Waals surface area contributed by atoms with Gasteiger partial charge >= 0.3 is 0 Å². The van der Waals surface area contributed by atoms with Gasteiger partial charge in [-0.1, -0.05) is 13.3 Å². The highest BCUT2D eigenvalue weighted by atomic mass is 16.5. The van der Waals surface area contributed by atoms with Crippen molar-refractivity contribution in [1.82, 2.24) is 5.32 Å². The van der Waals surface area contributed by atoms with Crippen LogP contribution in [0.25, 0.3) is 0 Å². The summed E-state index contributed by atoms with van der Waals surface area (Å²) in [6.45, 7) is 4.38. The van der Waals surface area contributed by atoms with Gasteiger partial charge in [0.25, 0.3) is 0 Å². The standard InChI is InChI=1S/C14H24N2O/c1-5-12(10-15-2)11-16(3)13-6-8-14(17-4)9-7-13/h6-9,12,15H,5,10-11H2,1-4H3. The Bertz CT molecular complexity index is 311. The molecule has 0 radical (unpaired) electrons. The van der Waals surface area contributed by atoms with Crippen molar-refractivity contribution in [3.63, 3.8) is 0 Å². The van der Waals surface area contributed by atoms with Gasteiger partial charge in [-0.15, -0.1) is 0 Å². The van der Waals surface area contributed by atoms with Crippen molar-refractivity contribution in [1.29, 1.82) is 0 Å². The molecule has 17 heavy (non-hydrogen) atoms. The van der Waals surface area contributed by atoms with E-state index in [0.717, 1.165) is 18.8 Å². The largest absolute Gasteiger partial charge is 0.497 e. The molecule has 0 aliphatic carbocycles. The summed E-state index contributed by atoms with van der Waals surface area (Å²) in [4.78, 5) is 2.30. The maximum absolute atomic E-state index is 5.16. The minimum atomic E-state index is 0.687. The highest BCUT2D eigenvalue weighted by Crippen LogP contribution is 2.19. The Morgan fingerprint density at radius 2 is 1.94 bits per heavy atom. The number of ether oxygens (including phenoxy) is 1. The molecule has 1 N–H and O–H groups in total. The minimum absolute atomic E-state index is 0.687. The maximum atomic E-state index is 5.16. The predicted octanol–water partition coefficient (Wildman–Crippen LogP) is 2.38. The second kappa shape index (κ2) is 7.17. The summed E-state index contributed by atoms with van der Waals surface area (Å²) in [7, 11) is 5.84. The molecule has 1 rings (SSSR count). The first kappa shape index (κ1) is 13.8. The molecule has 0 saturated heterocycles. The van der Waals surface area contributed by atoms with Gasteiger partial charge in [-0.25, -0.2) is 0 Å². The average molecular weight is 236 g/mol. The van der Waals surface area contributed by atoms with Crippen LogP contribution < -0.4 is 15.0 Å². The van der Waals surface area contributed by atoms with Crippen LogP contribution in [-0.4, -0.2) is 34.3 Å². The zero-order valence-electron chi connectivity index (χ0n) is 11.4. The van der Waals surface area contributed by atoms with Gasteiger partial charge < -0.3 is 15.0 Å². The Labute approximate surface area is 105 Å². The van der Waals surface area contributed by atoms with Crippen LogP contribution in [0.3, 0.4) is 0 Å². The van der Waals surface area contributed by atoms with Gasteiger partial charge in [0.15, 0.2) is 0 Å². The third-order valence-corrected chi connectivity index (χ3v) is 3.12. The second-order valence-electron chi connectivity index (χ2n) is 4.41. The van der Waals surface area contributed by atoms with Gasteiger partial charge in [-0.2, -0.15) is 0 Å². The van der Waals surface area contributed by atoms with Crippen molar-refractivity contribution in [3.8, 4) is 5.75 Å². The smallest absolute Gasteiger partial charge is 0.119 e. The Hall–Kier alpha value is -1.22. The molecule has 0 spiro atoms. The molecule has 0 bridgehead atoms. The Balaban J connectivity index is 2.58. The first-order valence-electron chi connectivity index (χ1n) is 6.21. The molecule has 3 heteroatoms. The molecular formula is C14H24N2O. The van der Waals surface area contributed by atoms with E-state index in [2.05, 4.69) is 36.3 Å². The molecule has 96 valence electrons. The third kappa shape index (κ3) is 4.27. The lowest BCUT2D eigenvalue weighted by atomic mass is 10.1. The SMILES string of the molecule is CCC(CNC)CN(C)c1ccc(OC)cc1. The summed E-state index contributed by atoms with van der Waals surface area (Å²) in [5, 5.41) is 3.25. The van der Waals surface area contributed by atoms with E-state index in [-0.39, 0.29) is 0 Å². The zero-order valence-corrected chi connectivity index (χ0v) is 11.4. The van der Waals surface area contributed by atoms with Gasteiger partial charge in [0.1, 0.15) is 5.75 Å². The van der Waals surface area contributed by atoms with Crippen LogP contribution in [0, 0.1) is 5.92 Å². The first-order valence-corrected chi connectivity index (χ1v) is 6.21. The topological polar surface area (TPSA) is 24.5 Å². The highest BCUT2D eigenvalue weighted by molar-refractivity contribution is 5.48. The highest BCUT2D eigenvalue weighted by Gasteiger charge is 2.09. The first-order chi connectivity index (χ1) is 8.21. The number of nitrogens with zero attached hydrogens (tertiary/aromatic N) is 1. The number of benzene rings is 1. The molecule has 1 unspecified atom stereocenters. The van der Waals surface area contributed by atoms with Gasteiger partial charge in [0, 0.05) is 19.3 Å². The summed E-state index contributed by atoms with van der Waals surface area (Å²) in [5.41, 5.74) is 1.24. The Morgan fingerprint density at radius 1 is 1.29 bits per heavy atom. The van der Waals surface area contributed by atoms with Crippen LogP contribution in [0.4, 0.5) is 5.69 Å². The van der Waals surface area contributed by atoms with Gasteiger partial charge in [0.2, 0.25) is 0 Å². The van der Waals surface area contributed by atoms with E-state index >= 15 is 0 Å². The number of hydrogen-bond acceptors (Lipinski definition) is 3. The molecule has 0 aromatic heterocycles. The molecule has 0 aliphatic rings. The number of anilines is 1. The molecule has 0 aliphatic heterocycles. The van der Waals surface area contributed by atoms with Crippen molar-refractivity contribution in [2.24, 2.45) is 5.92 Å².